The zero-order valence-electron chi connectivity index (χ0n) is 12.5. The summed E-state index contributed by atoms with van der Waals surface area (Å²) in [6, 6.07) is 20.6. The maximum absolute atomic E-state index is 3.63. The van der Waals surface area contributed by atoms with E-state index in [9.17, 15) is 0 Å². The quantitative estimate of drug-likeness (QED) is 0.615. The molecule has 104 valence electrons. The predicted molar refractivity (Wildman–Crippen MR) is 91.5 cm³/mol. The molecule has 20 heavy (non-hydrogen) atoms. The molecule has 0 bridgehead atoms. The summed E-state index contributed by atoms with van der Waals surface area (Å²) in [6.45, 7) is 8.01. The zero-order chi connectivity index (χ0) is 14.6. The van der Waals surface area contributed by atoms with Crippen LogP contribution >= 0.6 is 0 Å². The van der Waals surface area contributed by atoms with Crippen molar-refractivity contribution in [1.29, 1.82) is 0 Å². The monoisotopic (exact) mass is 264 g/mol. The number of rotatable bonds is 4. The van der Waals surface area contributed by atoms with Gasteiger partial charge in [0.1, 0.15) is 0 Å². The Labute approximate surface area is 123 Å². The number of benzene rings is 2. The molecule has 2 aromatic rings. The van der Waals surface area contributed by atoms with Gasteiger partial charge in [0.2, 0.25) is 0 Å². The van der Waals surface area contributed by atoms with Crippen LogP contribution in [0.15, 0.2) is 73.3 Å². The van der Waals surface area contributed by atoms with Crippen LogP contribution in [0.4, 0.5) is 0 Å². The molecule has 0 radical (unpaired) electrons. The first kappa shape index (κ1) is 16.0. The summed E-state index contributed by atoms with van der Waals surface area (Å²) >= 11 is 0. The SMILES string of the molecule is C=Cc1ccccc1.CCC/C=C(\C)c1ccccc1. The Morgan fingerprint density at radius 2 is 1.50 bits per heavy atom. The number of unbranched alkanes of at least 4 members (excludes halogenated alkanes) is 1. The highest BCUT2D eigenvalue weighted by atomic mass is 14.0. The van der Waals surface area contributed by atoms with Gasteiger partial charge in [-0.2, -0.15) is 0 Å². The second-order valence-corrected chi connectivity index (χ2v) is 4.66. The molecule has 0 unspecified atom stereocenters. The van der Waals surface area contributed by atoms with Crippen LogP contribution in [0.3, 0.4) is 0 Å². The second kappa shape index (κ2) is 9.80. The number of hydrogen-bond acceptors (Lipinski definition) is 0. The summed E-state index contributed by atoms with van der Waals surface area (Å²) in [5, 5.41) is 0. The lowest BCUT2D eigenvalue weighted by atomic mass is 10.1. The van der Waals surface area contributed by atoms with Crippen molar-refractivity contribution >= 4 is 11.6 Å². The van der Waals surface area contributed by atoms with E-state index in [-0.39, 0.29) is 0 Å². The Hall–Kier alpha value is -2.08. The molecule has 0 amide bonds. The third-order valence-electron chi connectivity index (χ3n) is 3.00. The summed E-state index contributed by atoms with van der Waals surface area (Å²) in [6.07, 6.45) is 6.54. The molecule has 0 fully saturated rings. The molecule has 0 spiro atoms. The molecule has 0 atom stereocenters. The second-order valence-electron chi connectivity index (χ2n) is 4.66. The van der Waals surface area contributed by atoms with Crippen LogP contribution in [-0.4, -0.2) is 0 Å². The molecule has 0 saturated heterocycles. The summed E-state index contributed by atoms with van der Waals surface area (Å²) < 4.78 is 0. The van der Waals surface area contributed by atoms with E-state index >= 15 is 0 Å². The van der Waals surface area contributed by atoms with Crippen LogP contribution < -0.4 is 0 Å². The molecule has 2 aromatic carbocycles. The number of hydrogen-bond donors (Lipinski definition) is 0. The average molecular weight is 264 g/mol. The van der Waals surface area contributed by atoms with Crippen LogP contribution in [-0.2, 0) is 0 Å². The minimum atomic E-state index is 1.17. The van der Waals surface area contributed by atoms with Gasteiger partial charge in [-0.15, -0.1) is 0 Å². The fourth-order valence-electron chi connectivity index (χ4n) is 1.77. The van der Waals surface area contributed by atoms with Crippen molar-refractivity contribution in [3.8, 4) is 0 Å². The van der Waals surface area contributed by atoms with Crippen LogP contribution in [0, 0.1) is 0 Å². The lowest BCUT2D eigenvalue weighted by molar-refractivity contribution is 0.959. The zero-order valence-corrected chi connectivity index (χ0v) is 12.5. The predicted octanol–water partition coefficient (Wildman–Crippen LogP) is 6.22. The lowest BCUT2D eigenvalue weighted by Crippen LogP contribution is -1.77. The van der Waals surface area contributed by atoms with Crippen LogP contribution in [0.5, 0.6) is 0 Å². The van der Waals surface area contributed by atoms with Gasteiger partial charge in [-0.1, -0.05) is 92.7 Å². The van der Waals surface area contributed by atoms with Crippen LogP contribution in [0.25, 0.3) is 11.6 Å². The van der Waals surface area contributed by atoms with Gasteiger partial charge in [-0.05, 0) is 30.0 Å². The molecule has 0 N–H and O–H groups in total. The Bertz CT molecular complexity index is 506. The molecule has 0 aliphatic heterocycles. The van der Waals surface area contributed by atoms with Gasteiger partial charge in [0, 0.05) is 0 Å². The highest BCUT2D eigenvalue weighted by Crippen LogP contribution is 2.13. The molecule has 0 aliphatic rings. The Balaban J connectivity index is 0.000000217. The van der Waals surface area contributed by atoms with Crippen molar-refractivity contribution < 1.29 is 0 Å². The van der Waals surface area contributed by atoms with Gasteiger partial charge >= 0.3 is 0 Å². The van der Waals surface area contributed by atoms with Crippen LogP contribution in [0.1, 0.15) is 37.8 Å². The normalized spacial score (nSPS) is 10.4. The van der Waals surface area contributed by atoms with E-state index in [1.54, 1.807) is 0 Å². The largest absolute Gasteiger partial charge is 0.0985 e. The smallest absolute Gasteiger partial charge is 0.0231 e. The van der Waals surface area contributed by atoms with E-state index in [1.807, 2.05) is 36.4 Å². The minimum absolute atomic E-state index is 1.17. The van der Waals surface area contributed by atoms with E-state index in [1.165, 1.54) is 29.5 Å². The van der Waals surface area contributed by atoms with Crippen LogP contribution in [0.2, 0.25) is 0 Å². The average Bonchev–Trinajstić information content (AvgIpc) is 2.54. The molecule has 0 heterocycles. The van der Waals surface area contributed by atoms with Gasteiger partial charge in [-0.3, -0.25) is 0 Å². The van der Waals surface area contributed by atoms with Crippen molar-refractivity contribution in [2.75, 3.05) is 0 Å². The summed E-state index contributed by atoms with van der Waals surface area (Å²) in [4.78, 5) is 0. The van der Waals surface area contributed by atoms with E-state index in [2.05, 4.69) is 56.8 Å². The highest BCUT2D eigenvalue weighted by molar-refractivity contribution is 5.63. The summed E-state index contributed by atoms with van der Waals surface area (Å²) in [5.41, 5.74) is 3.90. The van der Waals surface area contributed by atoms with E-state index in [0.717, 1.165) is 0 Å². The maximum atomic E-state index is 3.63. The van der Waals surface area contributed by atoms with Gasteiger partial charge in [0.15, 0.2) is 0 Å². The standard InChI is InChI=1S/C12H16.C8H8/c1-3-4-8-11(2)12-9-6-5-7-10-12;1-2-8-6-4-3-5-7-8/h5-10H,3-4H2,1-2H3;2-7H,1H2/b11-8+;. The Kier molecular flexibility index (Phi) is 7.83. The Morgan fingerprint density at radius 3 is 1.95 bits per heavy atom. The van der Waals surface area contributed by atoms with Crippen molar-refractivity contribution in [2.24, 2.45) is 0 Å². The lowest BCUT2D eigenvalue weighted by Gasteiger charge is -1.99. The van der Waals surface area contributed by atoms with Crippen molar-refractivity contribution in [3.05, 3.63) is 84.4 Å². The maximum Gasteiger partial charge on any atom is -0.0231 e. The minimum Gasteiger partial charge on any atom is -0.0985 e. The number of allylic oxidation sites excluding steroid dienone is 2. The summed E-state index contributed by atoms with van der Waals surface area (Å²) in [5.74, 6) is 0. The first-order chi connectivity index (χ1) is 9.77. The fraction of sp³-hybridized carbons (Fsp3) is 0.200. The van der Waals surface area contributed by atoms with Gasteiger partial charge in [0.05, 0.1) is 0 Å². The molecule has 0 saturated carbocycles. The van der Waals surface area contributed by atoms with Crippen molar-refractivity contribution in [3.63, 3.8) is 0 Å². The molecule has 0 nitrogen and oxygen atoms in total. The van der Waals surface area contributed by atoms with E-state index in [0.29, 0.717) is 0 Å². The van der Waals surface area contributed by atoms with E-state index < -0.39 is 0 Å². The van der Waals surface area contributed by atoms with Gasteiger partial charge in [-0.25, -0.2) is 0 Å². The molecule has 0 heteroatoms. The van der Waals surface area contributed by atoms with Crippen molar-refractivity contribution in [2.45, 2.75) is 26.7 Å². The molecule has 0 aromatic heterocycles. The molecule has 2 rings (SSSR count). The summed E-state index contributed by atoms with van der Waals surface area (Å²) in [7, 11) is 0. The first-order valence-electron chi connectivity index (χ1n) is 7.17. The fourth-order valence-corrected chi connectivity index (χ4v) is 1.77. The van der Waals surface area contributed by atoms with Gasteiger partial charge < -0.3 is 0 Å². The molecule has 0 aliphatic carbocycles. The molecular formula is C20H24. The van der Waals surface area contributed by atoms with E-state index in [4.69, 9.17) is 0 Å². The third kappa shape index (κ3) is 6.19. The highest BCUT2D eigenvalue weighted by Gasteiger charge is 1.91. The first-order valence-corrected chi connectivity index (χ1v) is 7.17. The topological polar surface area (TPSA) is 0 Å². The van der Waals surface area contributed by atoms with Crippen molar-refractivity contribution in [1.82, 2.24) is 0 Å². The van der Waals surface area contributed by atoms with Gasteiger partial charge in [0.25, 0.3) is 0 Å². The molecular weight excluding hydrogens is 240 g/mol. The third-order valence-corrected chi connectivity index (χ3v) is 3.00. The Morgan fingerprint density at radius 1 is 0.950 bits per heavy atom.